The van der Waals surface area contributed by atoms with E-state index in [1.807, 2.05) is 46.4 Å². The van der Waals surface area contributed by atoms with E-state index >= 15 is 0 Å². The lowest BCUT2D eigenvalue weighted by Crippen LogP contribution is -2.56. The van der Waals surface area contributed by atoms with E-state index in [2.05, 4.69) is 15.7 Å². The van der Waals surface area contributed by atoms with Crippen molar-refractivity contribution < 1.29 is 23.1 Å². The molecule has 0 radical (unpaired) electrons. The molecule has 2 aliphatic heterocycles. The number of nitrogens with two attached hydrogens (primary N) is 1. The molecule has 2 saturated heterocycles. The van der Waals surface area contributed by atoms with Gasteiger partial charge in [0.2, 0.25) is 6.41 Å². The standard InChI is InChI=1S/C17H22F2N4O2S.2C2H6.CH3NO/c1-11-8-26-5-4-23(11)16(24)13-6-20-14(22-9-17(18,19)10-22)15(21-13)25-7-12-2-3-12;2*1-2;2-1-3/h6,11-12H,2-5,7-10H2,1H3;2*1-2H3;1H,(H2,2,3). The Bertz CT molecular complexity index is 745. The van der Waals surface area contributed by atoms with Gasteiger partial charge in [0.25, 0.3) is 17.7 Å². The van der Waals surface area contributed by atoms with Crippen LogP contribution in [0.3, 0.4) is 0 Å². The lowest BCUT2D eigenvalue weighted by Gasteiger charge is -2.39. The summed E-state index contributed by atoms with van der Waals surface area (Å²) in [4.78, 5) is 33.3. The molecule has 8 nitrogen and oxygen atoms in total. The van der Waals surface area contributed by atoms with E-state index in [0.717, 1.165) is 24.3 Å². The number of halogens is 2. The highest BCUT2D eigenvalue weighted by Gasteiger charge is 2.46. The fourth-order valence-electron chi connectivity index (χ4n) is 3.10. The minimum absolute atomic E-state index is 0.132. The predicted molar refractivity (Wildman–Crippen MR) is 128 cm³/mol. The molecule has 33 heavy (non-hydrogen) atoms. The molecule has 2 N–H and O–H groups in total. The molecule has 0 spiro atoms. The summed E-state index contributed by atoms with van der Waals surface area (Å²) in [5.74, 6) is -0.110. The van der Waals surface area contributed by atoms with E-state index < -0.39 is 19.0 Å². The molecule has 0 bridgehead atoms. The SMILES string of the molecule is CC.CC.CC1CSCCN1C(=O)c1cnc(N2CC(F)(F)C2)c(OCC2CC2)n1.NC=O. The summed E-state index contributed by atoms with van der Waals surface area (Å²) in [6, 6.07) is 0.132. The van der Waals surface area contributed by atoms with Crippen molar-refractivity contribution in [3.63, 3.8) is 0 Å². The average Bonchev–Trinajstić information content (AvgIpc) is 3.64. The van der Waals surface area contributed by atoms with Crippen LogP contribution >= 0.6 is 11.8 Å². The summed E-state index contributed by atoms with van der Waals surface area (Å²) < 4.78 is 32.2. The van der Waals surface area contributed by atoms with Crippen LogP contribution in [0.25, 0.3) is 0 Å². The summed E-state index contributed by atoms with van der Waals surface area (Å²) in [6.07, 6.45) is 3.84. The summed E-state index contributed by atoms with van der Waals surface area (Å²) in [7, 11) is 0. The number of rotatable bonds is 5. The number of aromatic nitrogens is 2. The van der Waals surface area contributed by atoms with Gasteiger partial charge in [-0.05, 0) is 25.7 Å². The van der Waals surface area contributed by atoms with E-state index in [1.165, 1.54) is 11.1 Å². The number of amides is 2. The molecule has 1 atom stereocenters. The van der Waals surface area contributed by atoms with Crippen molar-refractivity contribution in [1.29, 1.82) is 0 Å². The zero-order valence-electron chi connectivity index (χ0n) is 20.2. The smallest absolute Gasteiger partial charge is 0.282 e. The third-order valence-electron chi connectivity index (χ3n) is 4.87. The first-order chi connectivity index (χ1) is 15.8. The molecule has 1 aromatic heterocycles. The number of hydrogen-bond acceptors (Lipinski definition) is 7. The molecule has 1 saturated carbocycles. The van der Waals surface area contributed by atoms with Gasteiger partial charge in [-0.3, -0.25) is 9.59 Å². The predicted octanol–water partition coefficient (Wildman–Crippen LogP) is 3.45. The second kappa shape index (κ2) is 14.2. The molecular formula is C22H37F2N5O3S. The number of thioether (sulfide) groups is 1. The molecule has 3 aliphatic rings. The maximum absolute atomic E-state index is 13.2. The number of carbonyl (C=O) groups excluding carboxylic acids is 2. The van der Waals surface area contributed by atoms with Gasteiger partial charge < -0.3 is 20.3 Å². The van der Waals surface area contributed by atoms with E-state index in [-0.39, 0.29) is 29.9 Å². The number of carbonyl (C=O) groups is 2. The zero-order valence-corrected chi connectivity index (χ0v) is 21.0. The number of anilines is 1. The minimum atomic E-state index is -2.70. The Hall–Kier alpha value is -2.17. The largest absolute Gasteiger partial charge is 0.475 e. The molecule has 11 heteroatoms. The van der Waals surface area contributed by atoms with Crippen LogP contribution in [0.5, 0.6) is 5.88 Å². The lowest BCUT2D eigenvalue weighted by molar-refractivity contribution is -0.106. The first kappa shape index (κ1) is 28.9. The minimum Gasteiger partial charge on any atom is -0.475 e. The highest BCUT2D eigenvalue weighted by molar-refractivity contribution is 7.99. The first-order valence-electron chi connectivity index (χ1n) is 11.5. The Morgan fingerprint density at radius 3 is 2.42 bits per heavy atom. The second-order valence-corrected chi connectivity index (χ2v) is 8.56. The van der Waals surface area contributed by atoms with E-state index in [4.69, 9.17) is 9.53 Å². The van der Waals surface area contributed by atoms with Gasteiger partial charge in [0.1, 0.15) is 0 Å². The molecular weight excluding hydrogens is 452 g/mol. The lowest BCUT2D eigenvalue weighted by atomic mass is 10.1. The Morgan fingerprint density at radius 2 is 1.91 bits per heavy atom. The van der Waals surface area contributed by atoms with Crippen LogP contribution in [-0.2, 0) is 4.79 Å². The molecule has 4 rings (SSSR count). The van der Waals surface area contributed by atoms with Crippen molar-refractivity contribution in [1.82, 2.24) is 14.9 Å². The third kappa shape index (κ3) is 8.60. The Labute approximate surface area is 199 Å². The van der Waals surface area contributed by atoms with Crippen LogP contribution < -0.4 is 15.4 Å². The van der Waals surface area contributed by atoms with E-state index in [0.29, 0.717) is 24.9 Å². The van der Waals surface area contributed by atoms with Crippen molar-refractivity contribution in [2.45, 2.75) is 59.4 Å². The summed E-state index contributed by atoms with van der Waals surface area (Å²) in [5.41, 5.74) is 4.38. The summed E-state index contributed by atoms with van der Waals surface area (Å²) >= 11 is 1.83. The number of hydrogen-bond donors (Lipinski definition) is 1. The molecule has 2 amide bonds. The monoisotopic (exact) mass is 489 g/mol. The van der Waals surface area contributed by atoms with Gasteiger partial charge in [-0.1, -0.05) is 27.7 Å². The number of primary amides is 1. The molecule has 188 valence electrons. The maximum atomic E-state index is 13.2. The highest BCUT2D eigenvalue weighted by Crippen LogP contribution is 2.36. The Kier molecular flexibility index (Phi) is 12.4. The van der Waals surface area contributed by atoms with Crippen molar-refractivity contribution in [3.8, 4) is 5.88 Å². The molecule has 1 aromatic rings. The summed E-state index contributed by atoms with van der Waals surface area (Å²) in [6.45, 7) is 10.4. The highest BCUT2D eigenvalue weighted by atomic mass is 32.2. The third-order valence-corrected chi connectivity index (χ3v) is 6.06. The van der Waals surface area contributed by atoms with Crippen LogP contribution in [0.15, 0.2) is 6.20 Å². The zero-order chi connectivity index (χ0) is 25.0. The van der Waals surface area contributed by atoms with Crippen LogP contribution in [0.2, 0.25) is 0 Å². The van der Waals surface area contributed by atoms with Gasteiger partial charge in [-0.2, -0.15) is 11.8 Å². The van der Waals surface area contributed by atoms with Gasteiger partial charge in [0, 0.05) is 24.1 Å². The van der Waals surface area contributed by atoms with Crippen LogP contribution in [0.1, 0.15) is 57.9 Å². The average molecular weight is 490 g/mol. The van der Waals surface area contributed by atoms with Crippen LogP contribution in [0, 0.1) is 5.92 Å². The van der Waals surface area contributed by atoms with Gasteiger partial charge in [-0.25, -0.2) is 18.7 Å². The fraction of sp³-hybridized carbons (Fsp3) is 0.727. The second-order valence-electron chi connectivity index (χ2n) is 7.41. The van der Waals surface area contributed by atoms with E-state index in [9.17, 15) is 13.6 Å². The van der Waals surface area contributed by atoms with Gasteiger partial charge in [0.15, 0.2) is 11.5 Å². The molecule has 1 aliphatic carbocycles. The molecule has 3 heterocycles. The van der Waals surface area contributed by atoms with Crippen LogP contribution in [0.4, 0.5) is 14.6 Å². The van der Waals surface area contributed by atoms with Gasteiger partial charge in [-0.15, -0.1) is 0 Å². The summed E-state index contributed by atoms with van der Waals surface area (Å²) in [5, 5.41) is 0. The quantitative estimate of drug-likeness (QED) is 0.632. The molecule has 3 fully saturated rings. The number of ether oxygens (including phenoxy) is 1. The normalized spacial score (nSPS) is 20.4. The Balaban J connectivity index is 0.000000705. The van der Waals surface area contributed by atoms with Crippen molar-refractivity contribution in [2.24, 2.45) is 11.7 Å². The fourth-order valence-corrected chi connectivity index (χ4v) is 4.12. The van der Waals surface area contributed by atoms with Gasteiger partial charge >= 0.3 is 0 Å². The number of nitrogens with zero attached hydrogens (tertiary/aromatic N) is 4. The van der Waals surface area contributed by atoms with Crippen LogP contribution in [-0.4, -0.2) is 76.9 Å². The van der Waals surface area contributed by atoms with Crippen molar-refractivity contribution in [3.05, 3.63) is 11.9 Å². The van der Waals surface area contributed by atoms with Gasteiger partial charge in [0.05, 0.1) is 25.9 Å². The van der Waals surface area contributed by atoms with Crippen molar-refractivity contribution in [2.75, 3.05) is 42.6 Å². The maximum Gasteiger partial charge on any atom is 0.282 e. The first-order valence-corrected chi connectivity index (χ1v) is 12.7. The molecule has 0 aromatic carbocycles. The van der Waals surface area contributed by atoms with Crippen molar-refractivity contribution >= 4 is 29.9 Å². The Morgan fingerprint density at radius 1 is 1.30 bits per heavy atom. The topological polar surface area (TPSA) is 102 Å². The number of alkyl halides is 2. The molecule has 1 unspecified atom stereocenters. The van der Waals surface area contributed by atoms with E-state index in [1.54, 1.807) is 4.90 Å².